The van der Waals surface area contributed by atoms with Crippen molar-refractivity contribution in [1.82, 2.24) is 9.13 Å². The number of aromatic nitrogens is 2. The number of nitrogens with two attached hydrogens (primary N) is 1. The number of amides is 1. The van der Waals surface area contributed by atoms with Crippen LogP contribution in [-0.4, -0.2) is 15.0 Å². The Hall–Kier alpha value is -2.70. The van der Waals surface area contributed by atoms with E-state index >= 15 is 0 Å². The molecule has 19 heavy (non-hydrogen) atoms. The molecule has 0 aliphatic rings. The topological polar surface area (TPSA) is 87.1 Å². The van der Waals surface area contributed by atoms with Gasteiger partial charge in [0.2, 0.25) is 5.91 Å². The summed E-state index contributed by atoms with van der Waals surface area (Å²) in [6.45, 7) is -0.377. The summed E-state index contributed by atoms with van der Waals surface area (Å²) in [6, 6.07) is 5.26. The highest BCUT2D eigenvalue weighted by molar-refractivity contribution is 5.73. The summed E-state index contributed by atoms with van der Waals surface area (Å²) < 4.78 is 15.0. The minimum absolute atomic E-state index is 0.230. The average Bonchev–Trinajstić information content (AvgIpc) is 2.35. The van der Waals surface area contributed by atoms with E-state index in [1.54, 1.807) is 0 Å². The summed E-state index contributed by atoms with van der Waals surface area (Å²) in [5.41, 5.74) is 3.41. The molecule has 0 saturated heterocycles. The van der Waals surface area contributed by atoms with Crippen molar-refractivity contribution in [2.45, 2.75) is 6.54 Å². The van der Waals surface area contributed by atoms with Gasteiger partial charge in [-0.25, -0.2) is 4.39 Å². The van der Waals surface area contributed by atoms with Crippen LogP contribution >= 0.6 is 0 Å². The quantitative estimate of drug-likeness (QED) is 0.766. The second kappa shape index (κ2) is 4.89. The molecular weight excluding hydrogens is 253 g/mol. The second-order valence-corrected chi connectivity index (χ2v) is 3.85. The second-order valence-electron chi connectivity index (χ2n) is 3.85. The number of halogens is 1. The maximum Gasteiger partial charge on any atom is 0.320 e. The van der Waals surface area contributed by atoms with Crippen molar-refractivity contribution in [2.75, 3.05) is 0 Å². The first-order valence-corrected chi connectivity index (χ1v) is 5.35. The molecule has 98 valence electrons. The third-order valence-corrected chi connectivity index (χ3v) is 2.47. The standard InChI is InChI=1S/C12H10FN3O3/c13-8-2-1-3-9(6-8)16-5-4-15(7-10(14)17)11(18)12(16)19/h1-6H,7H2,(H2,14,17). The molecule has 0 bridgehead atoms. The van der Waals surface area contributed by atoms with Crippen LogP contribution in [0.15, 0.2) is 46.2 Å². The highest BCUT2D eigenvalue weighted by atomic mass is 19.1. The predicted octanol–water partition coefficient (Wildman–Crippen LogP) is -0.376. The van der Waals surface area contributed by atoms with Crippen molar-refractivity contribution >= 4 is 5.91 Å². The van der Waals surface area contributed by atoms with E-state index in [0.29, 0.717) is 0 Å². The number of rotatable bonds is 3. The van der Waals surface area contributed by atoms with Crippen LogP contribution in [0.5, 0.6) is 0 Å². The number of carbonyl (C=O) groups excluding carboxylic acids is 1. The Kier molecular flexibility index (Phi) is 3.28. The van der Waals surface area contributed by atoms with E-state index in [4.69, 9.17) is 5.73 Å². The van der Waals surface area contributed by atoms with Gasteiger partial charge in [0.1, 0.15) is 12.4 Å². The van der Waals surface area contributed by atoms with Gasteiger partial charge in [-0.3, -0.25) is 23.5 Å². The molecule has 6 nitrogen and oxygen atoms in total. The van der Waals surface area contributed by atoms with E-state index < -0.39 is 22.8 Å². The molecule has 0 atom stereocenters. The lowest BCUT2D eigenvalue weighted by Gasteiger charge is -2.07. The zero-order chi connectivity index (χ0) is 14.0. The van der Waals surface area contributed by atoms with Gasteiger partial charge >= 0.3 is 11.1 Å². The first kappa shape index (κ1) is 12.7. The molecular formula is C12H10FN3O3. The van der Waals surface area contributed by atoms with Gasteiger partial charge in [0, 0.05) is 12.4 Å². The zero-order valence-corrected chi connectivity index (χ0v) is 9.75. The van der Waals surface area contributed by atoms with Crippen molar-refractivity contribution in [3.8, 4) is 5.69 Å². The maximum atomic E-state index is 13.1. The highest BCUT2D eigenvalue weighted by Crippen LogP contribution is 2.06. The molecule has 0 aliphatic carbocycles. The normalized spacial score (nSPS) is 10.4. The molecule has 1 aromatic heterocycles. The molecule has 1 amide bonds. The van der Waals surface area contributed by atoms with Crippen molar-refractivity contribution in [3.63, 3.8) is 0 Å². The van der Waals surface area contributed by atoms with Crippen molar-refractivity contribution in [2.24, 2.45) is 5.73 Å². The largest absolute Gasteiger partial charge is 0.368 e. The van der Waals surface area contributed by atoms with Gasteiger partial charge in [-0.05, 0) is 18.2 Å². The van der Waals surface area contributed by atoms with Gasteiger partial charge in [-0.15, -0.1) is 0 Å². The Morgan fingerprint density at radius 2 is 1.95 bits per heavy atom. The smallest absolute Gasteiger partial charge is 0.320 e. The number of hydrogen-bond donors (Lipinski definition) is 1. The van der Waals surface area contributed by atoms with Crippen molar-refractivity contribution < 1.29 is 9.18 Å². The van der Waals surface area contributed by atoms with Crippen molar-refractivity contribution in [3.05, 3.63) is 63.2 Å². The van der Waals surface area contributed by atoms with Gasteiger partial charge in [0.15, 0.2) is 0 Å². The van der Waals surface area contributed by atoms with Crippen LogP contribution in [0.25, 0.3) is 5.69 Å². The summed E-state index contributed by atoms with van der Waals surface area (Å²) in [5.74, 6) is -1.25. The average molecular weight is 263 g/mol. The number of benzene rings is 1. The Morgan fingerprint density at radius 1 is 1.21 bits per heavy atom. The fraction of sp³-hybridized carbons (Fsp3) is 0.0833. The summed E-state index contributed by atoms with van der Waals surface area (Å²) in [4.78, 5) is 34.3. The lowest BCUT2D eigenvalue weighted by molar-refractivity contribution is -0.118. The minimum atomic E-state index is -0.898. The minimum Gasteiger partial charge on any atom is -0.368 e. The summed E-state index contributed by atoms with van der Waals surface area (Å²) in [5, 5.41) is 0. The van der Waals surface area contributed by atoms with Crippen LogP contribution in [0, 0.1) is 5.82 Å². The third kappa shape index (κ3) is 2.59. The Bertz CT molecular complexity index is 748. The molecule has 2 aromatic rings. The lowest BCUT2D eigenvalue weighted by Crippen LogP contribution is -2.41. The van der Waals surface area contributed by atoms with Crippen LogP contribution < -0.4 is 16.9 Å². The Balaban J connectivity index is 2.56. The Labute approximate surface area is 106 Å². The molecule has 0 fully saturated rings. The monoisotopic (exact) mass is 263 g/mol. The molecule has 1 heterocycles. The predicted molar refractivity (Wildman–Crippen MR) is 65.5 cm³/mol. The lowest BCUT2D eigenvalue weighted by atomic mass is 10.3. The van der Waals surface area contributed by atoms with E-state index in [1.165, 1.54) is 30.6 Å². The molecule has 0 spiro atoms. The summed E-state index contributed by atoms with van der Waals surface area (Å²) >= 11 is 0. The molecule has 2 rings (SSSR count). The SMILES string of the molecule is NC(=O)Cn1ccn(-c2cccc(F)c2)c(=O)c1=O. The van der Waals surface area contributed by atoms with E-state index in [0.717, 1.165) is 15.2 Å². The fourth-order valence-corrected chi connectivity index (χ4v) is 1.63. The van der Waals surface area contributed by atoms with Crippen LogP contribution in [0.1, 0.15) is 0 Å². The molecule has 0 radical (unpaired) electrons. The van der Waals surface area contributed by atoms with E-state index in [9.17, 15) is 18.8 Å². The van der Waals surface area contributed by atoms with Gasteiger partial charge < -0.3 is 5.73 Å². The van der Waals surface area contributed by atoms with E-state index in [1.807, 2.05) is 0 Å². The number of hydrogen-bond acceptors (Lipinski definition) is 3. The first-order chi connectivity index (χ1) is 8.99. The van der Waals surface area contributed by atoms with Crippen LogP contribution in [0.3, 0.4) is 0 Å². The molecule has 1 aromatic carbocycles. The van der Waals surface area contributed by atoms with Gasteiger partial charge in [-0.1, -0.05) is 6.07 Å². The fourth-order valence-electron chi connectivity index (χ4n) is 1.63. The molecule has 0 saturated carbocycles. The number of carbonyl (C=O) groups is 1. The molecule has 0 aliphatic heterocycles. The van der Waals surface area contributed by atoms with Gasteiger partial charge in [0.05, 0.1) is 5.69 Å². The van der Waals surface area contributed by atoms with Crippen molar-refractivity contribution in [1.29, 1.82) is 0 Å². The van der Waals surface area contributed by atoms with Gasteiger partial charge in [0.25, 0.3) is 0 Å². The first-order valence-electron chi connectivity index (χ1n) is 5.35. The van der Waals surface area contributed by atoms with Gasteiger partial charge in [-0.2, -0.15) is 0 Å². The third-order valence-electron chi connectivity index (χ3n) is 2.47. The zero-order valence-electron chi connectivity index (χ0n) is 9.75. The van der Waals surface area contributed by atoms with E-state index in [2.05, 4.69) is 0 Å². The van der Waals surface area contributed by atoms with Crippen LogP contribution in [0.2, 0.25) is 0 Å². The number of primary amides is 1. The van der Waals surface area contributed by atoms with E-state index in [-0.39, 0.29) is 12.2 Å². The Morgan fingerprint density at radius 3 is 2.58 bits per heavy atom. The molecule has 7 heteroatoms. The summed E-state index contributed by atoms with van der Waals surface area (Å²) in [7, 11) is 0. The maximum absolute atomic E-state index is 13.1. The van der Waals surface area contributed by atoms with Crippen LogP contribution in [0.4, 0.5) is 4.39 Å². The van der Waals surface area contributed by atoms with Crippen LogP contribution in [-0.2, 0) is 11.3 Å². The number of nitrogens with zero attached hydrogens (tertiary/aromatic N) is 2. The highest BCUT2D eigenvalue weighted by Gasteiger charge is 2.08. The molecule has 2 N–H and O–H groups in total. The molecule has 0 unspecified atom stereocenters. The summed E-state index contributed by atoms with van der Waals surface area (Å²) in [6.07, 6.45) is 2.53.